The Balaban J connectivity index is 1.21. The molecule has 2 aliphatic rings. The van der Waals surface area contributed by atoms with Crippen molar-refractivity contribution in [3.8, 4) is 17.3 Å². The van der Waals surface area contributed by atoms with Crippen molar-refractivity contribution in [2.24, 2.45) is 0 Å². The zero-order chi connectivity index (χ0) is 28.8. The van der Waals surface area contributed by atoms with Crippen LogP contribution in [0.4, 0.5) is 28.0 Å². The Morgan fingerprint density at radius 2 is 2.05 bits per heavy atom. The molecule has 0 aliphatic carbocycles. The predicted molar refractivity (Wildman–Crippen MR) is 140 cm³/mol. The molecule has 41 heavy (non-hydrogen) atoms. The van der Waals surface area contributed by atoms with Crippen LogP contribution in [0.5, 0.6) is 0 Å². The van der Waals surface area contributed by atoms with Gasteiger partial charge in [-0.25, -0.2) is 19.2 Å². The first-order valence-corrected chi connectivity index (χ1v) is 13.1. The first-order chi connectivity index (χ1) is 19.7. The third-order valence-corrected chi connectivity index (χ3v) is 7.78. The summed E-state index contributed by atoms with van der Waals surface area (Å²) in [6.45, 7) is 1.20. The molecule has 0 bridgehead atoms. The van der Waals surface area contributed by atoms with Crippen LogP contribution in [0.1, 0.15) is 31.2 Å². The van der Waals surface area contributed by atoms with Crippen molar-refractivity contribution in [2.75, 3.05) is 25.0 Å². The molecule has 1 aromatic carbocycles. The monoisotopic (exact) mass is 567 g/mol. The number of halogens is 4. The fourth-order valence-electron chi connectivity index (χ4n) is 5.79. The Kier molecular flexibility index (Phi) is 6.61. The van der Waals surface area contributed by atoms with Crippen LogP contribution >= 0.6 is 0 Å². The second kappa shape index (κ2) is 10.2. The fraction of sp³-hybridized carbons (Fsp3) is 0.370. The number of amides is 2. The minimum atomic E-state index is -4.83. The van der Waals surface area contributed by atoms with E-state index in [4.69, 9.17) is 0 Å². The molecule has 0 radical (unpaired) electrons. The highest BCUT2D eigenvalue weighted by Crippen LogP contribution is 2.39. The van der Waals surface area contributed by atoms with Crippen LogP contribution < -0.4 is 5.32 Å². The number of nitrogens with one attached hydrogen (secondary N) is 2. The Labute approximate surface area is 231 Å². The minimum absolute atomic E-state index is 0.178. The van der Waals surface area contributed by atoms with Crippen LogP contribution in [0.2, 0.25) is 0 Å². The average Bonchev–Trinajstić information content (AvgIpc) is 3.61. The molecule has 0 spiro atoms. The molecular weight excluding hydrogens is 542 g/mol. The third kappa shape index (κ3) is 4.86. The van der Waals surface area contributed by atoms with Gasteiger partial charge in [0.1, 0.15) is 23.3 Å². The molecule has 2 saturated heterocycles. The van der Waals surface area contributed by atoms with Gasteiger partial charge < -0.3 is 15.2 Å². The largest absolute Gasteiger partial charge is 0.418 e. The summed E-state index contributed by atoms with van der Waals surface area (Å²) in [6, 6.07) is 5.61. The van der Waals surface area contributed by atoms with E-state index in [1.165, 1.54) is 11.2 Å². The highest BCUT2D eigenvalue weighted by atomic mass is 19.4. The zero-order valence-corrected chi connectivity index (χ0v) is 21.7. The van der Waals surface area contributed by atoms with E-state index in [0.717, 1.165) is 29.5 Å². The third-order valence-electron chi connectivity index (χ3n) is 7.78. The van der Waals surface area contributed by atoms with E-state index in [2.05, 4.69) is 31.4 Å². The standard InChI is InChI=1S/C27H25F4N9O/c28-18-4-5-21(20(11-18)27(29,30)31)37-25(41)39-10-2-1-3-22(39)38-14-26(15-38,7-8-32)40-13-17(12-36-40)23-19-6-9-33-24(19)35-16-34-23/h4-6,9,11-13,16,22H,1-3,7,10,14-15H2,(H,37,41)(H,33,34,35). The van der Waals surface area contributed by atoms with Gasteiger partial charge in [-0.1, -0.05) is 0 Å². The van der Waals surface area contributed by atoms with Crippen molar-refractivity contribution in [3.05, 3.63) is 60.6 Å². The average molecular weight is 568 g/mol. The number of carbonyl (C=O) groups is 1. The summed E-state index contributed by atoms with van der Waals surface area (Å²) in [5, 5.41) is 17.4. The number of carbonyl (C=O) groups excluding carboxylic acids is 1. The van der Waals surface area contributed by atoms with E-state index < -0.39 is 34.8 Å². The van der Waals surface area contributed by atoms with Crippen molar-refractivity contribution in [2.45, 2.75) is 43.6 Å². The molecule has 10 nitrogen and oxygen atoms in total. The summed E-state index contributed by atoms with van der Waals surface area (Å²) in [4.78, 5) is 28.5. The predicted octanol–water partition coefficient (Wildman–Crippen LogP) is 4.95. The molecule has 2 aliphatic heterocycles. The maximum Gasteiger partial charge on any atom is 0.418 e. The lowest BCUT2D eigenvalue weighted by atomic mass is 9.85. The summed E-state index contributed by atoms with van der Waals surface area (Å²) >= 11 is 0. The van der Waals surface area contributed by atoms with Gasteiger partial charge in [0.2, 0.25) is 0 Å². The van der Waals surface area contributed by atoms with E-state index >= 15 is 0 Å². The molecule has 14 heteroatoms. The number of nitrogens with zero attached hydrogens (tertiary/aromatic N) is 7. The van der Waals surface area contributed by atoms with Gasteiger partial charge in [-0.3, -0.25) is 9.58 Å². The van der Waals surface area contributed by atoms with Gasteiger partial charge in [0, 0.05) is 43.0 Å². The van der Waals surface area contributed by atoms with Crippen LogP contribution in [0, 0.1) is 17.1 Å². The molecule has 212 valence electrons. The molecule has 5 heterocycles. The molecule has 1 unspecified atom stereocenters. The summed E-state index contributed by atoms with van der Waals surface area (Å²) in [5.41, 5.74) is -0.210. The van der Waals surface area contributed by atoms with E-state index in [1.807, 2.05) is 17.2 Å². The molecular formula is C27H25F4N9O. The fourth-order valence-corrected chi connectivity index (χ4v) is 5.79. The van der Waals surface area contributed by atoms with Crippen LogP contribution in [0.15, 0.2) is 49.2 Å². The summed E-state index contributed by atoms with van der Waals surface area (Å²) in [7, 11) is 0. The number of likely N-dealkylation sites (tertiary alicyclic amines) is 2. The lowest BCUT2D eigenvalue weighted by Gasteiger charge is -2.55. The second-order valence-electron chi connectivity index (χ2n) is 10.4. The summed E-state index contributed by atoms with van der Waals surface area (Å²) in [6.07, 6.45) is 3.93. The number of piperidine rings is 1. The van der Waals surface area contributed by atoms with E-state index in [9.17, 15) is 27.6 Å². The topological polar surface area (TPSA) is 119 Å². The van der Waals surface area contributed by atoms with Crippen molar-refractivity contribution in [3.63, 3.8) is 0 Å². The number of hydrogen-bond acceptors (Lipinski definition) is 6. The Morgan fingerprint density at radius 1 is 1.22 bits per heavy atom. The maximum atomic E-state index is 13.6. The van der Waals surface area contributed by atoms with Gasteiger partial charge in [0.15, 0.2) is 0 Å². The first kappa shape index (κ1) is 26.7. The second-order valence-corrected chi connectivity index (χ2v) is 10.4. The van der Waals surface area contributed by atoms with Gasteiger partial charge in [-0.15, -0.1) is 0 Å². The lowest BCUT2D eigenvalue weighted by molar-refractivity contribution is -0.137. The maximum absolute atomic E-state index is 13.6. The number of alkyl halides is 3. The number of aromatic nitrogens is 5. The zero-order valence-electron chi connectivity index (χ0n) is 21.7. The van der Waals surface area contributed by atoms with Crippen LogP contribution in [0.25, 0.3) is 22.3 Å². The van der Waals surface area contributed by atoms with Crippen LogP contribution in [0.3, 0.4) is 0 Å². The smallest absolute Gasteiger partial charge is 0.346 e. The van der Waals surface area contributed by atoms with E-state index in [1.54, 1.807) is 17.1 Å². The van der Waals surface area contributed by atoms with Crippen LogP contribution in [-0.4, -0.2) is 66.4 Å². The number of fused-ring (bicyclic) bond motifs is 1. The molecule has 0 saturated carbocycles. The Morgan fingerprint density at radius 3 is 2.83 bits per heavy atom. The number of rotatable bonds is 5. The molecule has 2 amide bonds. The number of nitriles is 1. The van der Waals surface area contributed by atoms with Gasteiger partial charge in [-0.2, -0.15) is 23.5 Å². The number of hydrogen-bond donors (Lipinski definition) is 2. The lowest BCUT2D eigenvalue weighted by Crippen LogP contribution is -2.69. The number of urea groups is 1. The van der Waals surface area contributed by atoms with Gasteiger partial charge in [0.25, 0.3) is 0 Å². The molecule has 2 fully saturated rings. The number of H-pyrrole nitrogens is 1. The summed E-state index contributed by atoms with van der Waals surface area (Å²) < 4.78 is 55.8. The van der Waals surface area contributed by atoms with Crippen molar-refractivity contribution in [1.29, 1.82) is 5.26 Å². The minimum Gasteiger partial charge on any atom is -0.346 e. The van der Waals surface area contributed by atoms with Gasteiger partial charge >= 0.3 is 12.2 Å². The van der Waals surface area contributed by atoms with Crippen molar-refractivity contribution < 1.29 is 22.4 Å². The SMILES string of the molecule is N#CCC1(n2cc(-c3ncnc4[nH]ccc34)cn2)CN(C2CCCCN2C(=O)Nc2ccc(F)cc2C(F)(F)F)C1. The molecule has 6 rings (SSSR count). The number of benzene rings is 1. The highest BCUT2D eigenvalue weighted by molar-refractivity contribution is 5.91. The highest BCUT2D eigenvalue weighted by Gasteiger charge is 2.50. The van der Waals surface area contributed by atoms with Crippen molar-refractivity contribution >= 4 is 22.8 Å². The van der Waals surface area contributed by atoms with Gasteiger partial charge in [-0.05, 0) is 43.5 Å². The van der Waals surface area contributed by atoms with Crippen LogP contribution in [-0.2, 0) is 11.7 Å². The molecule has 3 aromatic heterocycles. The normalized spacial score (nSPS) is 19.1. The molecule has 1 atom stereocenters. The van der Waals surface area contributed by atoms with E-state index in [-0.39, 0.29) is 12.6 Å². The van der Waals surface area contributed by atoms with Crippen molar-refractivity contribution in [1.82, 2.24) is 34.5 Å². The Hall–Kier alpha value is -4.51. The number of aromatic amines is 1. The van der Waals surface area contributed by atoms with Gasteiger partial charge in [0.05, 0.1) is 41.8 Å². The quantitative estimate of drug-likeness (QED) is 0.330. The van der Waals surface area contributed by atoms with E-state index in [0.29, 0.717) is 49.9 Å². The Bertz CT molecular complexity index is 1630. The molecule has 2 N–H and O–H groups in total. The first-order valence-electron chi connectivity index (χ1n) is 13.1. The number of anilines is 1. The molecule has 4 aromatic rings. The summed E-state index contributed by atoms with van der Waals surface area (Å²) in [5.74, 6) is -1.04.